The number of carbonyl (C=O) groups is 1. The maximum atomic E-state index is 12.8. The second-order valence-electron chi connectivity index (χ2n) is 4.77. The minimum atomic E-state index is -0.274. The van der Waals surface area contributed by atoms with E-state index in [1.807, 2.05) is 6.92 Å². The number of amides is 1. The van der Waals surface area contributed by atoms with Crippen LogP contribution in [0.25, 0.3) is 0 Å². The number of benzene rings is 1. The van der Waals surface area contributed by atoms with E-state index in [0.717, 1.165) is 5.56 Å². The lowest BCUT2D eigenvalue weighted by atomic mass is 10.1. The van der Waals surface area contributed by atoms with E-state index < -0.39 is 0 Å². The number of hydrogen-bond donors (Lipinski definition) is 3. The molecule has 0 aliphatic rings. The van der Waals surface area contributed by atoms with Crippen LogP contribution in [0.4, 0.5) is 10.1 Å². The Kier molecular flexibility index (Phi) is 4.84. The van der Waals surface area contributed by atoms with Gasteiger partial charge in [0.05, 0.1) is 11.3 Å². The van der Waals surface area contributed by atoms with Crippen LogP contribution < -0.4 is 16.6 Å². The van der Waals surface area contributed by atoms with E-state index in [-0.39, 0.29) is 17.8 Å². The number of hydrogen-bond acceptors (Lipinski definition) is 4. The van der Waals surface area contributed by atoms with Gasteiger partial charge < -0.3 is 10.7 Å². The molecule has 0 aliphatic carbocycles. The first-order valence-electron chi connectivity index (χ1n) is 6.56. The largest absolute Gasteiger partial charge is 0.349 e. The fourth-order valence-corrected chi connectivity index (χ4v) is 2.03. The van der Waals surface area contributed by atoms with Gasteiger partial charge in [-0.2, -0.15) is 0 Å². The van der Waals surface area contributed by atoms with Crippen LogP contribution in [0.3, 0.4) is 0 Å². The maximum absolute atomic E-state index is 12.8. The van der Waals surface area contributed by atoms with Gasteiger partial charge in [-0.05, 0) is 37.1 Å². The standard InChI is InChI=1S/C15H17FN4O/c1-10(8-11-2-4-12(16)5-3-11)19-15(21)13-9-18-7-6-14(13)20-17/h2-7,9-10H,8,17H2,1H3,(H,18,20)(H,19,21). The summed E-state index contributed by atoms with van der Waals surface area (Å²) >= 11 is 0. The van der Waals surface area contributed by atoms with Crippen LogP contribution >= 0.6 is 0 Å². The molecule has 1 aromatic carbocycles. The van der Waals surface area contributed by atoms with Gasteiger partial charge in [0.25, 0.3) is 5.91 Å². The van der Waals surface area contributed by atoms with Gasteiger partial charge in [0.1, 0.15) is 5.82 Å². The van der Waals surface area contributed by atoms with E-state index in [9.17, 15) is 9.18 Å². The number of anilines is 1. The molecular formula is C15H17FN4O. The van der Waals surface area contributed by atoms with Crippen molar-refractivity contribution < 1.29 is 9.18 Å². The molecule has 1 heterocycles. The number of carbonyl (C=O) groups excluding carboxylic acids is 1. The minimum absolute atomic E-state index is 0.103. The number of nitrogens with zero attached hydrogens (tertiary/aromatic N) is 1. The van der Waals surface area contributed by atoms with Crippen molar-refractivity contribution in [2.75, 3.05) is 5.43 Å². The Hall–Kier alpha value is -2.47. The van der Waals surface area contributed by atoms with E-state index in [1.54, 1.807) is 24.4 Å². The average molecular weight is 288 g/mol. The molecule has 0 radical (unpaired) electrons. The van der Waals surface area contributed by atoms with E-state index in [0.29, 0.717) is 17.7 Å². The highest BCUT2D eigenvalue weighted by Gasteiger charge is 2.14. The smallest absolute Gasteiger partial charge is 0.255 e. The van der Waals surface area contributed by atoms with Crippen molar-refractivity contribution in [1.82, 2.24) is 10.3 Å². The number of nitrogens with two attached hydrogens (primary N) is 1. The van der Waals surface area contributed by atoms with Crippen LogP contribution in [0.15, 0.2) is 42.7 Å². The number of pyridine rings is 1. The van der Waals surface area contributed by atoms with E-state index in [4.69, 9.17) is 5.84 Å². The molecule has 6 heteroatoms. The van der Waals surface area contributed by atoms with Crippen LogP contribution in [0.5, 0.6) is 0 Å². The highest BCUT2D eigenvalue weighted by Crippen LogP contribution is 2.12. The Balaban J connectivity index is 2.00. The molecule has 0 saturated heterocycles. The molecule has 1 aromatic heterocycles. The molecule has 4 N–H and O–H groups in total. The first-order chi connectivity index (χ1) is 10.1. The fourth-order valence-electron chi connectivity index (χ4n) is 2.03. The van der Waals surface area contributed by atoms with Crippen LogP contribution in [0, 0.1) is 5.82 Å². The molecule has 0 aliphatic heterocycles. The summed E-state index contributed by atoms with van der Waals surface area (Å²) in [7, 11) is 0. The van der Waals surface area contributed by atoms with Crippen molar-refractivity contribution in [3.63, 3.8) is 0 Å². The second-order valence-corrected chi connectivity index (χ2v) is 4.77. The first-order valence-corrected chi connectivity index (χ1v) is 6.56. The normalized spacial score (nSPS) is 11.8. The van der Waals surface area contributed by atoms with Crippen LogP contribution in [0.2, 0.25) is 0 Å². The summed E-state index contributed by atoms with van der Waals surface area (Å²) < 4.78 is 12.8. The summed E-state index contributed by atoms with van der Waals surface area (Å²) in [6.45, 7) is 1.88. The van der Waals surface area contributed by atoms with Crippen LogP contribution in [-0.2, 0) is 6.42 Å². The summed E-state index contributed by atoms with van der Waals surface area (Å²) in [5.41, 5.74) is 4.31. The van der Waals surface area contributed by atoms with Gasteiger partial charge in [-0.3, -0.25) is 15.6 Å². The number of aromatic nitrogens is 1. The van der Waals surface area contributed by atoms with E-state index >= 15 is 0 Å². The number of nitrogens with one attached hydrogen (secondary N) is 2. The fraction of sp³-hybridized carbons (Fsp3) is 0.200. The molecule has 1 unspecified atom stereocenters. The average Bonchev–Trinajstić information content (AvgIpc) is 2.49. The monoisotopic (exact) mass is 288 g/mol. The third-order valence-corrected chi connectivity index (χ3v) is 3.05. The SMILES string of the molecule is CC(Cc1ccc(F)cc1)NC(=O)c1cnccc1NN. The molecule has 0 spiro atoms. The van der Waals surface area contributed by atoms with Gasteiger partial charge in [-0.25, -0.2) is 4.39 Å². The molecule has 21 heavy (non-hydrogen) atoms. The van der Waals surface area contributed by atoms with Crippen molar-refractivity contribution in [3.05, 3.63) is 59.7 Å². The molecule has 0 fully saturated rings. The van der Waals surface area contributed by atoms with Gasteiger partial charge in [0.15, 0.2) is 0 Å². The zero-order chi connectivity index (χ0) is 15.2. The summed E-state index contributed by atoms with van der Waals surface area (Å²) in [5.74, 6) is 4.83. The van der Waals surface area contributed by atoms with Gasteiger partial charge >= 0.3 is 0 Å². The van der Waals surface area contributed by atoms with Crippen LogP contribution in [-0.4, -0.2) is 16.9 Å². The molecule has 5 nitrogen and oxygen atoms in total. The Labute approximate surface area is 122 Å². The quantitative estimate of drug-likeness (QED) is 0.579. The zero-order valence-corrected chi connectivity index (χ0v) is 11.6. The van der Waals surface area contributed by atoms with Crippen molar-refractivity contribution in [1.29, 1.82) is 0 Å². The van der Waals surface area contributed by atoms with Gasteiger partial charge in [-0.15, -0.1) is 0 Å². The lowest BCUT2D eigenvalue weighted by Crippen LogP contribution is -2.34. The van der Waals surface area contributed by atoms with Gasteiger partial charge in [0.2, 0.25) is 0 Å². The predicted molar refractivity (Wildman–Crippen MR) is 79.1 cm³/mol. The third-order valence-electron chi connectivity index (χ3n) is 3.05. The molecule has 110 valence electrons. The minimum Gasteiger partial charge on any atom is -0.349 e. The lowest BCUT2D eigenvalue weighted by molar-refractivity contribution is 0.0940. The molecule has 1 amide bonds. The molecule has 0 bridgehead atoms. The molecule has 0 saturated carbocycles. The van der Waals surface area contributed by atoms with E-state index in [2.05, 4.69) is 15.7 Å². The molecule has 1 atom stereocenters. The Morgan fingerprint density at radius 1 is 1.33 bits per heavy atom. The van der Waals surface area contributed by atoms with Gasteiger partial charge in [-0.1, -0.05) is 12.1 Å². The number of nitrogen functional groups attached to an aromatic ring is 1. The van der Waals surface area contributed by atoms with Crippen LogP contribution in [0.1, 0.15) is 22.8 Å². The van der Waals surface area contributed by atoms with Crippen molar-refractivity contribution in [2.24, 2.45) is 5.84 Å². The predicted octanol–water partition coefficient (Wildman–Crippen LogP) is 1.87. The second kappa shape index (κ2) is 6.81. The summed E-state index contributed by atoms with van der Waals surface area (Å²) in [6.07, 6.45) is 3.61. The molecule has 2 aromatic rings. The third kappa shape index (κ3) is 4.00. The summed E-state index contributed by atoms with van der Waals surface area (Å²) in [6, 6.07) is 7.74. The highest BCUT2D eigenvalue weighted by molar-refractivity contribution is 5.99. The summed E-state index contributed by atoms with van der Waals surface area (Å²) in [4.78, 5) is 16.1. The first kappa shape index (κ1) is 14.9. The van der Waals surface area contributed by atoms with Crippen molar-refractivity contribution in [2.45, 2.75) is 19.4 Å². The molecular weight excluding hydrogens is 271 g/mol. The molecule has 2 rings (SSSR count). The topological polar surface area (TPSA) is 80.0 Å². The van der Waals surface area contributed by atoms with Gasteiger partial charge in [0, 0.05) is 18.4 Å². The maximum Gasteiger partial charge on any atom is 0.255 e. The van der Waals surface area contributed by atoms with Crippen molar-refractivity contribution >= 4 is 11.6 Å². The highest BCUT2D eigenvalue weighted by atomic mass is 19.1. The number of hydrazine groups is 1. The Bertz CT molecular complexity index is 615. The number of rotatable bonds is 5. The summed E-state index contributed by atoms with van der Waals surface area (Å²) in [5, 5.41) is 2.87. The Morgan fingerprint density at radius 3 is 2.71 bits per heavy atom. The van der Waals surface area contributed by atoms with Crippen molar-refractivity contribution in [3.8, 4) is 0 Å². The lowest BCUT2D eigenvalue weighted by Gasteiger charge is -2.15. The number of halogens is 1. The Morgan fingerprint density at radius 2 is 2.05 bits per heavy atom. The zero-order valence-electron chi connectivity index (χ0n) is 11.6. The van der Waals surface area contributed by atoms with E-state index in [1.165, 1.54) is 18.3 Å².